The summed E-state index contributed by atoms with van der Waals surface area (Å²) in [5, 5.41) is 9.49. The minimum atomic E-state index is -3.72. The van der Waals surface area contributed by atoms with Crippen molar-refractivity contribution in [3.8, 4) is 0 Å². The third kappa shape index (κ3) is 0.814. The Morgan fingerprint density at radius 2 is 1.38 bits per heavy atom. The van der Waals surface area contributed by atoms with Crippen molar-refractivity contribution in [2.24, 2.45) is 23.7 Å². The minimum absolute atomic E-state index is 0.372. The Kier molecular flexibility index (Phi) is 1.63. The number of rotatable bonds is 0. The average Bonchev–Trinajstić information content (AvgIpc) is 2.77. The molecule has 3 aliphatic carbocycles. The maximum Gasteiger partial charge on any atom is 0.285 e. The fourth-order valence-corrected chi connectivity index (χ4v) is 3.68. The van der Waals surface area contributed by atoms with Crippen LogP contribution in [0.2, 0.25) is 0 Å². The highest BCUT2D eigenvalue weighted by atomic mass is 19.3. The van der Waals surface area contributed by atoms with Crippen molar-refractivity contribution in [2.75, 3.05) is 0 Å². The molecule has 0 aromatic carbocycles. The van der Waals surface area contributed by atoms with Gasteiger partial charge in [0, 0.05) is 11.8 Å². The van der Waals surface area contributed by atoms with Gasteiger partial charge in [-0.1, -0.05) is 12.2 Å². The van der Waals surface area contributed by atoms with Crippen LogP contribution in [0.15, 0.2) is 12.2 Å². The lowest BCUT2D eigenvalue weighted by Gasteiger charge is -2.33. The summed E-state index contributed by atoms with van der Waals surface area (Å²) in [6.45, 7) is 0.560. The van der Waals surface area contributed by atoms with Gasteiger partial charge in [-0.05, 0) is 25.2 Å². The Morgan fingerprint density at radius 3 is 1.75 bits per heavy atom. The standard InChI is InChI=1S/C11H12F4O/c1-9(16)10(12,13)7-5-2-3-6(4-5)8(7)11(9,14)15/h2-3,5-8,16H,4H2,1H3. The number of aliphatic hydroxyl groups is 1. The lowest BCUT2D eigenvalue weighted by atomic mass is 9.83. The van der Waals surface area contributed by atoms with Crippen molar-refractivity contribution in [1.82, 2.24) is 0 Å². The number of hydrogen-bond donors (Lipinski definition) is 1. The summed E-state index contributed by atoms with van der Waals surface area (Å²) in [5.74, 6) is -11.3. The molecule has 4 atom stereocenters. The van der Waals surface area contributed by atoms with E-state index in [2.05, 4.69) is 0 Å². The molecule has 4 unspecified atom stereocenters. The van der Waals surface area contributed by atoms with E-state index in [9.17, 15) is 22.7 Å². The highest BCUT2D eigenvalue weighted by Gasteiger charge is 2.83. The van der Waals surface area contributed by atoms with Crippen LogP contribution < -0.4 is 0 Å². The molecule has 2 bridgehead atoms. The molecule has 16 heavy (non-hydrogen) atoms. The number of alkyl halides is 4. The average molecular weight is 236 g/mol. The second kappa shape index (κ2) is 2.47. The first-order valence-corrected chi connectivity index (χ1v) is 5.37. The SMILES string of the molecule is CC1(O)C(F)(F)C2C3C=CC(C3)C2C1(F)F. The van der Waals surface area contributed by atoms with Crippen LogP contribution in [0.1, 0.15) is 13.3 Å². The van der Waals surface area contributed by atoms with Gasteiger partial charge >= 0.3 is 0 Å². The summed E-state index contributed by atoms with van der Waals surface area (Å²) in [5.41, 5.74) is -3.22. The molecule has 90 valence electrons. The summed E-state index contributed by atoms with van der Waals surface area (Å²) >= 11 is 0. The zero-order valence-electron chi connectivity index (χ0n) is 8.63. The topological polar surface area (TPSA) is 20.2 Å². The smallest absolute Gasteiger partial charge is 0.285 e. The van der Waals surface area contributed by atoms with E-state index < -0.39 is 41.1 Å². The van der Waals surface area contributed by atoms with E-state index in [1.165, 1.54) is 0 Å². The first-order chi connectivity index (χ1) is 7.21. The van der Waals surface area contributed by atoms with Gasteiger partial charge in [0.15, 0.2) is 5.60 Å². The number of allylic oxidation sites excluding steroid dienone is 2. The van der Waals surface area contributed by atoms with Crippen LogP contribution in [0.4, 0.5) is 17.6 Å². The third-order valence-corrected chi connectivity index (χ3v) is 4.59. The Morgan fingerprint density at radius 1 is 1.00 bits per heavy atom. The molecule has 0 radical (unpaired) electrons. The van der Waals surface area contributed by atoms with E-state index in [-0.39, 0.29) is 0 Å². The molecular weight excluding hydrogens is 224 g/mol. The number of hydrogen-bond acceptors (Lipinski definition) is 1. The molecule has 0 aliphatic heterocycles. The van der Waals surface area contributed by atoms with E-state index in [1.807, 2.05) is 0 Å². The van der Waals surface area contributed by atoms with Crippen molar-refractivity contribution in [1.29, 1.82) is 0 Å². The highest BCUT2D eigenvalue weighted by Crippen LogP contribution is 2.69. The second-order valence-corrected chi connectivity index (χ2v) is 5.32. The highest BCUT2D eigenvalue weighted by molar-refractivity contribution is 5.28. The van der Waals surface area contributed by atoms with Crippen LogP contribution >= 0.6 is 0 Å². The van der Waals surface area contributed by atoms with Gasteiger partial charge in [0.05, 0.1) is 0 Å². The molecule has 1 nitrogen and oxygen atoms in total. The van der Waals surface area contributed by atoms with Crippen LogP contribution in [0.3, 0.4) is 0 Å². The molecule has 0 saturated heterocycles. The monoisotopic (exact) mass is 236 g/mol. The normalized spacial score (nSPS) is 55.6. The van der Waals surface area contributed by atoms with Gasteiger partial charge < -0.3 is 5.11 Å². The van der Waals surface area contributed by atoms with Crippen molar-refractivity contribution >= 4 is 0 Å². The molecule has 0 aromatic heterocycles. The summed E-state index contributed by atoms with van der Waals surface area (Å²) in [6.07, 6.45) is 3.56. The number of fused-ring (bicyclic) bond motifs is 5. The van der Waals surface area contributed by atoms with Crippen molar-refractivity contribution in [3.63, 3.8) is 0 Å². The van der Waals surface area contributed by atoms with Crippen molar-refractivity contribution in [3.05, 3.63) is 12.2 Å². The van der Waals surface area contributed by atoms with Gasteiger partial charge in [0.1, 0.15) is 0 Å². The minimum Gasteiger partial charge on any atom is -0.378 e. The Hall–Kier alpha value is -0.580. The maximum absolute atomic E-state index is 13.9. The van der Waals surface area contributed by atoms with Gasteiger partial charge in [-0.2, -0.15) is 0 Å². The predicted octanol–water partition coefficient (Wildman–Crippen LogP) is 2.46. The van der Waals surface area contributed by atoms with Crippen LogP contribution in [0, 0.1) is 23.7 Å². The molecule has 3 aliphatic rings. The summed E-state index contributed by atoms with van der Waals surface area (Å²) in [7, 11) is 0. The molecule has 1 N–H and O–H groups in total. The number of halogens is 4. The first kappa shape index (κ1) is 10.6. The van der Waals surface area contributed by atoms with Crippen LogP contribution in [0.25, 0.3) is 0 Å². The summed E-state index contributed by atoms with van der Waals surface area (Å²) < 4.78 is 55.5. The maximum atomic E-state index is 13.9. The van der Waals surface area contributed by atoms with Gasteiger partial charge in [-0.3, -0.25) is 0 Å². The van der Waals surface area contributed by atoms with E-state index in [0.29, 0.717) is 13.3 Å². The molecule has 0 spiro atoms. The molecular formula is C11H12F4O. The lowest BCUT2D eigenvalue weighted by molar-refractivity contribution is -0.249. The molecule has 0 aromatic rings. The summed E-state index contributed by atoms with van der Waals surface area (Å²) in [4.78, 5) is 0. The van der Waals surface area contributed by atoms with Gasteiger partial charge in [0.2, 0.25) is 0 Å². The third-order valence-electron chi connectivity index (χ3n) is 4.59. The first-order valence-electron chi connectivity index (χ1n) is 5.37. The van der Waals surface area contributed by atoms with Crippen LogP contribution in [-0.2, 0) is 0 Å². The van der Waals surface area contributed by atoms with E-state index in [1.54, 1.807) is 12.2 Å². The quantitative estimate of drug-likeness (QED) is 0.506. The van der Waals surface area contributed by atoms with Crippen molar-refractivity contribution in [2.45, 2.75) is 30.8 Å². The largest absolute Gasteiger partial charge is 0.378 e. The molecule has 0 heterocycles. The molecule has 0 amide bonds. The molecule has 2 fully saturated rings. The predicted molar refractivity (Wildman–Crippen MR) is 48.2 cm³/mol. The molecule has 3 rings (SSSR count). The fourth-order valence-electron chi connectivity index (χ4n) is 3.68. The Labute approximate surface area is 90.1 Å². The van der Waals surface area contributed by atoms with Crippen LogP contribution in [-0.4, -0.2) is 22.6 Å². The van der Waals surface area contributed by atoms with Gasteiger partial charge in [0.25, 0.3) is 11.8 Å². The van der Waals surface area contributed by atoms with E-state index in [0.717, 1.165) is 0 Å². The lowest BCUT2D eigenvalue weighted by Crippen LogP contribution is -2.54. The molecule has 5 heteroatoms. The Balaban J connectivity index is 2.16. The van der Waals surface area contributed by atoms with Crippen molar-refractivity contribution < 1.29 is 22.7 Å². The van der Waals surface area contributed by atoms with Gasteiger partial charge in [-0.25, -0.2) is 17.6 Å². The second-order valence-electron chi connectivity index (χ2n) is 5.32. The fraction of sp³-hybridized carbons (Fsp3) is 0.818. The van der Waals surface area contributed by atoms with Gasteiger partial charge in [-0.15, -0.1) is 0 Å². The summed E-state index contributed by atoms with van der Waals surface area (Å²) in [6, 6.07) is 0. The van der Waals surface area contributed by atoms with Crippen LogP contribution in [0.5, 0.6) is 0 Å². The molecule has 2 saturated carbocycles. The zero-order chi connectivity index (χ0) is 11.9. The van der Waals surface area contributed by atoms with E-state index >= 15 is 0 Å². The van der Waals surface area contributed by atoms with E-state index in [4.69, 9.17) is 0 Å². The zero-order valence-corrected chi connectivity index (χ0v) is 8.63. The Bertz CT molecular complexity index is 342.